The van der Waals surface area contributed by atoms with E-state index in [0.29, 0.717) is 17.5 Å². The smallest absolute Gasteiger partial charge is 0.185 e. The number of aryl methyl sites for hydroxylation is 1. The second-order valence-corrected chi connectivity index (χ2v) is 9.57. The van der Waals surface area contributed by atoms with Gasteiger partial charge in [0.25, 0.3) is 0 Å². The van der Waals surface area contributed by atoms with Crippen LogP contribution >= 0.6 is 11.8 Å². The van der Waals surface area contributed by atoms with Crippen LogP contribution in [0.4, 0.5) is 13.2 Å². The van der Waals surface area contributed by atoms with Gasteiger partial charge >= 0.3 is 0 Å². The number of aromatic nitrogens is 1. The van der Waals surface area contributed by atoms with Gasteiger partial charge in [0.1, 0.15) is 24.0 Å². The first-order chi connectivity index (χ1) is 15.2. The average molecular weight is 460 g/mol. The van der Waals surface area contributed by atoms with Gasteiger partial charge in [0.2, 0.25) is 0 Å². The third kappa shape index (κ3) is 3.45. The lowest BCUT2D eigenvalue weighted by atomic mass is 9.83. The lowest BCUT2D eigenvalue weighted by Crippen LogP contribution is -2.41. The van der Waals surface area contributed by atoms with Crippen molar-refractivity contribution in [1.82, 2.24) is 4.98 Å². The standard InChI is InChI=1S/C22H19F3N4O2S/c1-11-2-13(7-26)8-28-19(11)16(31)5-12-3-14(18(25)15(24)4-12)22(9-23)17-6-21(17,10-30)32-20(27)29-22/h2-4,8,17,30H,5-6,9-10H2,1H3,(H2,27,29)/t17-,21-,22-/m1/s1. The Morgan fingerprint density at radius 1 is 1.41 bits per heavy atom. The zero-order valence-corrected chi connectivity index (χ0v) is 17.8. The summed E-state index contributed by atoms with van der Waals surface area (Å²) in [4.78, 5) is 20.9. The zero-order valence-electron chi connectivity index (χ0n) is 17.0. The summed E-state index contributed by atoms with van der Waals surface area (Å²) in [6, 6.07) is 5.56. The van der Waals surface area contributed by atoms with E-state index in [9.17, 15) is 23.1 Å². The predicted octanol–water partition coefficient (Wildman–Crippen LogP) is 2.94. The van der Waals surface area contributed by atoms with Gasteiger partial charge in [-0.2, -0.15) is 5.26 Å². The lowest BCUT2D eigenvalue weighted by molar-refractivity contribution is 0.0987. The summed E-state index contributed by atoms with van der Waals surface area (Å²) >= 11 is 1.11. The van der Waals surface area contributed by atoms with Crippen LogP contribution in [0.2, 0.25) is 0 Å². The Labute approximate surface area is 186 Å². The van der Waals surface area contributed by atoms with Crippen LogP contribution < -0.4 is 5.73 Å². The summed E-state index contributed by atoms with van der Waals surface area (Å²) in [7, 11) is 0. The zero-order chi connectivity index (χ0) is 23.3. The number of rotatable bonds is 6. The molecule has 6 nitrogen and oxygen atoms in total. The number of ketones is 1. The van der Waals surface area contributed by atoms with Crippen LogP contribution in [0.5, 0.6) is 0 Å². The number of halogens is 3. The van der Waals surface area contributed by atoms with Crippen molar-refractivity contribution < 1.29 is 23.1 Å². The Kier molecular flexibility index (Phi) is 5.51. The molecule has 1 fully saturated rings. The Balaban J connectivity index is 1.74. The van der Waals surface area contributed by atoms with Crippen molar-refractivity contribution in [2.75, 3.05) is 13.3 Å². The van der Waals surface area contributed by atoms with Crippen LogP contribution in [0, 0.1) is 35.8 Å². The predicted molar refractivity (Wildman–Crippen MR) is 113 cm³/mol. The fraction of sp³-hybridized carbons (Fsp3) is 0.364. The van der Waals surface area contributed by atoms with Crippen LogP contribution in [0.25, 0.3) is 0 Å². The van der Waals surface area contributed by atoms with E-state index in [1.165, 1.54) is 18.3 Å². The minimum Gasteiger partial charge on any atom is -0.395 e. The monoisotopic (exact) mass is 460 g/mol. The molecular formula is C22H19F3N4O2S. The fourth-order valence-electron chi connectivity index (χ4n) is 4.42. The number of aliphatic hydroxyl groups is 1. The number of carbonyl (C=O) groups excluding carboxylic acids is 1. The highest BCUT2D eigenvalue weighted by Crippen LogP contribution is 2.65. The minimum absolute atomic E-state index is 0.0101. The molecule has 3 atom stereocenters. The van der Waals surface area contributed by atoms with Crippen LogP contribution in [-0.2, 0) is 12.0 Å². The number of benzene rings is 1. The molecule has 2 heterocycles. The first kappa shape index (κ1) is 22.3. The van der Waals surface area contributed by atoms with Crippen molar-refractivity contribution in [1.29, 1.82) is 5.26 Å². The van der Waals surface area contributed by atoms with Gasteiger partial charge in [0.15, 0.2) is 22.6 Å². The molecule has 10 heteroatoms. The van der Waals surface area contributed by atoms with Gasteiger partial charge < -0.3 is 10.8 Å². The van der Waals surface area contributed by atoms with Crippen molar-refractivity contribution in [3.8, 4) is 6.07 Å². The number of aliphatic hydroxyl groups excluding tert-OH is 1. The molecule has 0 radical (unpaired) electrons. The minimum atomic E-state index is -1.77. The number of thioether (sulfide) groups is 1. The molecule has 0 unspecified atom stereocenters. The Bertz CT molecular complexity index is 1200. The van der Waals surface area contributed by atoms with Crippen LogP contribution in [0.3, 0.4) is 0 Å². The molecule has 4 rings (SSSR count). The van der Waals surface area contributed by atoms with Crippen molar-refractivity contribution >= 4 is 22.7 Å². The van der Waals surface area contributed by atoms with Gasteiger partial charge in [-0.3, -0.25) is 9.78 Å². The Hall–Kier alpha value is -2.90. The Morgan fingerprint density at radius 3 is 2.78 bits per heavy atom. The largest absolute Gasteiger partial charge is 0.395 e. The second kappa shape index (κ2) is 7.90. The van der Waals surface area contributed by atoms with Gasteiger partial charge in [-0.15, -0.1) is 0 Å². The van der Waals surface area contributed by atoms with Crippen LogP contribution in [0.1, 0.15) is 39.2 Å². The van der Waals surface area contributed by atoms with Gasteiger partial charge in [-0.05, 0) is 42.7 Å². The summed E-state index contributed by atoms with van der Waals surface area (Å²) in [6.45, 7) is 0.186. The van der Waals surface area contributed by atoms with Gasteiger partial charge in [0, 0.05) is 24.1 Å². The van der Waals surface area contributed by atoms with E-state index in [1.54, 1.807) is 6.92 Å². The fourth-order valence-corrected chi connectivity index (χ4v) is 5.70. The maximum Gasteiger partial charge on any atom is 0.185 e. The van der Waals surface area contributed by atoms with Crippen molar-refractivity contribution in [2.45, 2.75) is 30.1 Å². The van der Waals surface area contributed by atoms with E-state index < -0.39 is 40.3 Å². The maximum atomic E-state index is 14.9. The molecule has 1 aromatic heterocycles. The number of nitrogens with two attached hydrogens (primary N) is 1. The molecule has 0 bridgehead atoms. The average Bonchev–Trinajstić information content (AvgIpc) is 3.50. The molecule has 0 amide bonds. The highest BCUT2D eigenvalue weighted by molar-refractivity contribution is 8.15. The molecule has 1 aromatic carbocycles. The summed E-state index contributed by atoms with van der Waals surface area (Å²) < 4.78 is 43.1. The first-order valence-corrected chi connectivity index (χ1v) is 10.6. The van der Waals surface area contributed by atoms with Gasteiger partial charge in [-0.25, -0.2) is 18.2 Å². The molecule has 1 aliphatic carbocycles. The third-order valence-corrected chi connectivity index (χ3v) is 7.37. The lowest BCUT2D eigenvalue weighted by Gasteiger charge is -2.34. The van der Waals surface area contributed by atoms with Crippen molar-refractivity contribution in [3.05, 3.63) is 64.0 Å². The number of carbonyl (C=O) groups is 1. The van der Waals surface area contributed by atoms with E-state index in [0.717, 1.165) is 17.8 Å². The van der Waals surface area contributed by atoms with Crippen LogP contribution in [0.15, 0.2) is 29.4 Å². The van der Waals surface area contributed by atoms with Crippen molar-refractivity contribution in [3.63, 3.8) is 0 Å². The van der Waals surface area contributed by atoms with E-state index in [1.807, 2.05) is 6.07 Å². The second-order valence-electron chi connectivity index (χ2n) is 8.13. The number of Topliss-reactive ketones (excluding diaryl/α,β-unsaturated/α-hetero) is 1. The SMILES string of the molecule is Cc1cc(C#N)cnc1C(=O)Cc1cc(F)c(F)c([C@@]2(CF)N=C(N)S[C@@]3(CO)C[C@H]32)c1. The number of hydrogen-bond acceptors (Lipinski definition) is 7. The normalized spacial score (nSPS) is 26.1. The molecular weight excluding hydrogens is 441 g/mol. The number of pyridine rings is 1. The molecule has 32 heavy (non-hydrogen) atoms. The summed E-state index contributed by atoms with van der Waals surface area (Å²) in [5.41, 5.74) is 4.77. The Morgan fingerprint density at radius 2 is 2.16 bits per heavy atom. The molecule has 2 aromatic rings. The number of aliphatic imine (C=N–C) groups is 1. The number of fused-ring (bicyclic) bond motifs is 1. The molecule has 0 saturated heterocycles. The van der Waals surface area contributed by atoms with Gasteiger partial charge in [0.05, 0.1) is 16.9 Å². The molecule has 1 saturated carbocycles. The number of alkyl halides is 1. The van der Waals surface area contributed by atoms with Crippen molar-refractivity contribution in [2.24, 2.45) is 16.6 Å². The molecule has 0 spiro atoms. The van der Waals surface area contributed by atoms with E-state index in [4.69, 9.17) is 11.0 Å². The van der Waals surface area contributed by atoms with E-state index >= 15 is 0 Å². The number of amidine groups is 1. The molecule has 2 aliphatic rings. The summed E-state index contributed by atoms with van der Waals surface area (Å²) in [6.07, 6.45) is 1.30. The maximum absolute atomic E-state index is 14.9. The first-order valence-electron chi connectivity index (χ1n) is 9.79. The number of nitrogens with zero attached hydrogens (tertiary/aromatic N) is 3. The van der Waals surface area contributed by atoms with E-state index in [-0.39, 0.29) is 35.0 Å². The van der Waals surface area contributed by atoms with Gasteiger partial charge in [-0.1, -0.05) is 11.8 Å². The molecule has 1 aliphatic heterocycles. The topological polar surface area (TPSA) is 112 Å². The summed E-state index contributed by atoms with van der Waals surface area (Å²) in [5, 5.41) is 18.7. The quantitative estimate of drug-likeness (QED) is 0.641. The third-order valence-electron chi connectivity index (χ3n) is 6.08. The molecule has 3 N–H and O–H groups in total. The number of nitriles is 1. The van der Waals surface area contributed by atoms with E-state index in [2.05, 4.69) is 9.98 Å². The highest BCUT2D eigenvalue weighted by atomic mass is 32.2. The number of hydrogen-bond donors (Lipinski definition) is 2. The molecule has 166 valence electrons. The highest BCUT2D eigenvalue weighted by Gasteiger charge is 2.68. The van der Waals surface area contributed by atoms with Crippen LogP contribution in [-0.4, -0.2) is 39.1 Å². The summed E-state index contributed by atoms with van der Waals surface area (Å²) in [5.74, 6) is -3.51.